The van der Waals surface area contributed by atoms with Crippen molar-refractivity contribution in [1.82, 2.24) is 9.97 Å². The van der Waals surface area contributed by atoms with Gasteiger partial charge in [0, 0.05) is 21.8 Å². The van der Waals surface area contributed by atoms with Crippen molar-refractivity contribution in [2.45, 2.75) is 42.8 Å². The highest BCUT2D eigenvalue weighted by Gasteiger charge is 2.19. The monoisotopic (exact) mass is 255 g/mol. The number of hydrogen-bond donors (Lipinski definition) is 1. The van der Waals surface area contributed by atoms with E-state index in [2.05, 4.69) is 30.7 Å². The van der Waals surface area contributed by atoms with Crippen LogP contribution in [0, 0.1) is 0 Å². The van der Waals surface area contributed by atoms with E-state index in [1.54, 1.807) is 0 Å². The average molecular weight is 255 g/mol. The SMILES string of the molecule is CC(C)(C)SCc1nc(N)c2c(n1)CSC2. The molecule has 1 aliphatic heterocycles. The van der Waals surface area contributed by atoms with Crippen LogP contribution in [0.15, 0.2) is 0 Å². The standard InChI is InChI=1S/C11H17N3S2/c1-11(2,3)16-6-9-13-8-5-15-4-7(8)10(12)14-9/h4-6H2,1-3H3,(H2,12,13,14). The minimum absolute atomic E-state index is 0.242. The Labute approximate surface area is 105 Å². The quantitative estimate of drug-likeness (QED) is 0.880. The Morgan fingerprint density at radius 3 is 2.75 bits per heavy atom. The molecule has 3 nitrogen and oxygen atoms in total. The van der Waals surface area contributed by atoms with E-state index in [-0.39, 0.29) is 4.75 Å². The van der Waals surface area contributed by atoms with E-state index in [1.807, 2.05) is 23.5 Å². The van der Waals surface area contributed by atoms with E-state index in [9.17, 15) is 0 Å². The van der Waals surface area contributed by atoms with E-state index < -0.39 is 0 Å². The lowest BCUT2D eigenvalue weighted by Crippen LogP contribution is -2.10. The van der Waals surface area contributed by atoms with E-state index in [1.165, 1.54) is 0 Å². The molecule has 0 atom stereocenters. The molecule has 2 heterocycles. The lowest BCUT2D eigenvalue weighted by molar-refractivity contribution is 0.799. The maximum Gasteiger partial charge on any atom is 0.140 e. The third-order valence-corrected chi connectivity index (χ3v) is 4.53. The van der Waals surface area contributed by atoms with Gasteiger partial charge in [0.25, 0.3) is 0 Å². The molecule has 0 fully saturated rings. The summed E-state index contributed by atoms with van der Waals surface area (Å²) in [7, 11) is 0. The second kappa shape index (κ2) is 4.45. The summed E-state index contributed by atoms with van der Waals surface area (Å²) in [6.07, 6.45) is 0. The molecule has 1 aromatic heterocycles. The molecule has 16 heavy (non-hydrogen) atoms. The van der Waals surface area contributed by atoms with Gasteiger partial charge in [0.15, 0.2) is 0 Å². The summed E-state index contributed by atoms with van der Waals surface area (Å²) in [6.45, 7) is 6.60. The van der Waals surface area contributed by atoms with E-state index in [0.717, 1.165) is 34.3 Å². The number of fused-ring (bicyclic) bond motifs is 1. The van der Waals surface area contributed by atoms with Crippen molar-refractivity contribution in [2.24, 2.45) is 0 Å². The number of nitrogen functional groups attached to an aromatic ring is 1. The first-order valence-electron chi connectivity index (χ1n) is 5.31. The van der Waals surface area contributed by atoms with Gasteiger partial charge in [-0.05, 0) is 0 Å². The van der Waals surface area contributed by atoms with E-state index >= 15 is 0 Å². The van der Waals surface area contributed by atoms with E-state index in [4.69, 9.17) is 5.73 Å². The second-order valence-electron chi connectivity index (χ2n) is 4.84. The van der Waals surface area contributed by atoms with Gasteiger partial charge in [0.1, 0.15) is 11.6 Å². The van der Waals surface area contributed by atoms with Gasteiger partial charge >= 0.3 is 0 Å². The maximum atomic E-state index is 5.94. The molecular formula is C11H17N3S2. The summed E-state index contributed by atoms with van der Waals surface area (Å²) in [5.41, 5.74) is 8.23. The van der Waals surface area contributed by atoms with Crippen LogP contribution in [0.1, 0.15) is 37.9 Å². The Morgan fingerprint density at radius 2 is 2.06 bits per heavy atom. The van der Waals surface area contributed by atoms with Crippen LogP contribution in [-0.4, -0.2) is 14.7 Å². The molecule has 0 unspecified atom stereocenters. The van der Waals surface area contributed by atoms with Crippen LogP contribution in [0.3, 0.4) is 0 Å². The van der Waals surface area contributed by atoms with Gasteiger partial charge in [-0.15, -0.1) is 11.8 Å². The van der Waals surface area contributed by atoms with E-state index in [0.29, 0.717) is 5.82 Å². The molecule has 0 aliphatic carbocycles. The third-order valence-electron chi connectivity index (χ3n) is 2.29. The fourth-order valence-electron chi connectivity index (χ4n) is 1.47. The Morgan fingerprint density at radius 1 is 1.31 bits per heavy atom. The van der Waals surface area contributed by atoms with Crippen LogP contribution < -0.4 is 5.73 Å². The molecule has 0 bridgehead atoms. The number of nitrogens with zero attached hydrogens (tertiary/aromatic N) is 2. The molecule has 1 aromatic rings. The molecular weight excluding hydrogens is 238 g/mol. The Balaban J connectivity index is 2.14. The molecule has 0 radical (unpaired) electrons. The minimum Gasteiger partial charge on any atom is -0.383 e. The van der Waals surface area contributed by atoms with Crippen LogP contribution in [-0.2, 0) is 17.3 Å². The lowest BCUT2D eigenvalue weighted by atomic mass is 10.2. The molecule has 2 N–H and O–H groups in total. The summed E-state index contributed by atoms with van der Waals surface area (Å²) in [6, 6.07) is 0. The first-order valence-corrected chi connectivity index (χ1v) is 7.45. The van der Waals surface area contributed by atoms with Gasteiger partial charge in [-0.3, -0.25) is 0 Å². The minimum atomic E-state index is 0.242. The van der Waals surface area contributed by atoms with Crippen molar-refractivity contribution in [3.05, 3.63) is 17.1 Å². The molecule has 0 saturated carbocycles. The van der Waals surface area contributed by atoms with Crippen molar-refractivity contribution in [3.63, 3.8) is 0 Å². The fourth-order valence-corrected chi connectivity index (χ4v) is 3.22. The zero-order chi connectivity index (χ0) is 11.8. The Bertz CT molecular complexity index is 399. The number of rotatable bonds is 2. The molecule has 0 aromatic carbocycles. The van der Waals surface area contributed by atoms with Crippen LogP contribution >= 0.6 is 23.5 Å². The van der Waals surface area contributed by atoms with Crippen molar-refractivity contribution in [1.29, 1.82) is 0 Å². The van der Waals surface area contributed by atoms with Gasteiger partial charge in [-0.2, -0.15) is 11.8 Å². The van der Waals surface area contributed by atoms with Crippen molar-refractivity contribution < 1.29 is 0 Å². The largest absolute Gasteiger partial charge is 0.383 e. The summed E-state index contributed by atoms with van der Waals surface area (Å²) >= 11 is 3.71. The van der Waals surface area contributed by atoms with Gasteiger partial charge in [0.05, 0.1) is 11.4 Å². The molecule has 0 amide bonds. The molecule has 5 heteroatoms. The van der Waals surface area contributed by atoms with Gasteiger partial charge in [-0.25, -0.2) is 9.97 Å². The van der Waals surface area contributed by atoms with Crippen LogP contribution in [0.2, 0.25) is 0 Å². The number of thioether (sulfide) groups is 2. The predicted octanol–water partition coefficient (Wildman–Crippen LogP) is 2.84. The molecule has 0 spiro atoms. The number of aromatic nitrogens is 2. The molecule has 2 rings (SSSR count). The van der Waals surface area contributed by atoms with Crippen molar-refractivity contribution >= 4 is 29.3 Å². The topological polar surface area (TPSA) is 51.8 Å². The number of nitrogens with two attached hydrogens (primary N) is 1. The first-order chi connectivity index (χ1) is 7.46. The zero-order valence-corrected chi connectivity index (χ0v) is 11.5. The summed E-state index contributed by atoms with van der Waals surface area (Å²) in [5, 5.41) is 0. The maximum absolute atomic E-state index is 5.94. The highest BCUT2D eigenvalue weighted by molar-refractivity contribution is 7.99. The molecule has 88 valence electrons. The van der Waals surface area contributed by atoms with Crippen molar-refractivity contribution in [3.8, 4) is 0 Å². The van der Waals surface area contributed by atoms with Crippen LogP contribution in [0.5, 0.6) is 0 Å². The average Bonchev–Trinajstić information content (AvgIpc) is 2.62. The zero-order valence-electron chi connectivity index (χ0n) is 9.91. The van der Waals surface area contributed by atoms with Crippen molar-refractivity contribution in [2.75, 3.05) is 5.73 Å². The van der Waals surface area contributed by atoms with Gasteiger partial charge in [0.2, 0.25) is 0 Å². The van der Waals surface area contributed by atoms with Crippen LogP contribution in [0.25, 0.3) is 0 Å². The second-order valence-corrected chi connectivity index (χ2v) is 7.63. The smallest absolute Gasteiger partial charge is 0.140 e. The predicted molar refractivity (Wildman–Crippen MR) is 72.5 cm³/mol. The third kappa shape index (κ3) is 2.83. The normalized spacial score (nSPS) is 15.2. The summed E-state index contributed by atoms with van der Waals surface area (Å²) in [4.78, 5) is 8.96. The highest BCUT2D eigenvalue weighted by atomic mass is 32.2. The Hall–Kier alpha value is -0.420. The fraction of sp³-hybridized carbons (Fsp3) is 0.636. The lowest BCUT2D eigenvalue weighted by Gasteiger charge is -2.17. The number of hydrogen-bond acceptors (Lipinski definition) is 5. The molecule has 1 aliphatic rings. The summed E-state index contributed by atoms with van der Waals surface area (Å²) in [5.74, 6) is 4.34. The molecule has 0 saturated heterocycles. The summed E-state index contributed by atoms with van der Waals surface area (Å²) < 4.78 is 0.242. The van der Waals surface area contributed by atoms with Gasteiger partial charge < -0.3 is 5.73 Å². The Kier molecular flexibility index (Phi) is 3.35. The number of anilines is 1. The highest BCUT2D eigenvalue weighted by Crippen LogP contribution is 2.33. The van der Waals surface area contributed by atoms with Crippen LogP contribution in [0.4, 0.5) is 5.82 Å². The first kappa shape index (κ1) is 12.0. The van der Waals surface area contributed by atoms with Gasteiger partial charge in [-0.1, -0.05) is 20.8 Å².